The van der Waals surface area contributed by atoms with E-state index in [0.717, 1.165) is 12.8 Å². The van der Waals surface area contributed by atoms with Gasteiger partial charge in [0.1, 0.15) is 5.82 Å². The smallest absolute Gasteiger partial charge is 0.257 e. The Morgan fingerprint density at radius 3 is 2.78 bits per heavy atom. The van der Waals surface area contributed by atoms with Gasteiger partial charge < -0.3 is 10.6 Å². The minimum atomic E-state index is -0.536. The maximum Gasteiger partial charge on any atom is 0.257 e. The number of benzene rings is 1. The van der Waals surface area contributed by atoms with Crippen LogP contribution in [0.5, 0.6) is 0 Å². The maximum atomic E-state index is 13.7. The third kappa shape index (κ3) is 2.47. The fraction of sp³-hybridized carbons (Fsp3) is 0.500. The average molecular weight is 250 g/mol. The zero-order valence-corrected chi connectivity index (χ0v) is 10.8. The topological polar surface area (TPSA) is 46.3 Å². The van der Waals surface area contributed by atoms with Crippen LogP contribution < -0.4 is 5.73 Å². The number of hydrogen-bond donors (Lipinski definition) is 1. The molecule has 2 rings (SSSR count). The quantitative estimate of drug-likeness (QED) is 0.779. The SMILES string of the molecule is CC1CCN(C(=O)c2ccc(N)cc2F)C(C)C1. The lowest BCUT2D eigenvalue weighted by Crippen LogP contribution is -2.44. The van der Waals surface area contributed by atoms with Crippen LogP contribution >= 0.6 is 0 Å². The highest BCUT2D eigenvalue weighted by Crippen LogP contribution is 2.24. The van der Waals surface area contributed by atoms with Gasteiger partial charge in [-0.2, -0.15) is 0 Å². The van der Waals surface area contributed by atoms with Crippen LogP contribution in [0.3, 0.4) is 0 Å². The summed E-state index contributed by atoms with van der Waals surface area (Å²) in [5.74, 6) is -0.141. The number of anilines is 1. The third-order valence-electron chi connectivity index (χ3n) is 3.62. The van der Waals surface area contributed by atoms with Crippen molar-refractivity contribution in [1.29, 1.82) is 0 Å². The number of carbonyl (C=O) groups excluding carboxylic acids is 1. The predicted molar refractivity (Wildman–Crippen MR) is 69.7 cm³/mol. The number of amides is 1. The normalized spacial score (nSPS) is 24.1. The van der Waals surface area contributed by atoms with E-state index in [-0.39, 0.29) is 17.5 Å². The molecule has 98 valence electrons. The first-order valence-electron chi connectivity index (χ1n) is 6.35. The molecule has 4 heteroatoms. The first kappa shape index (κ1) is 12.9. The molecule has 2 N–H and O–H groups in total. The Balaban J connectivity index is 2.20. The van der Waals surface area contributed by atoms with Crippen molar-refractivity contribution in [1.82, 2.24) is 4.90 Å². The lowest BCUT2D eigenvalue weighted by Gasteiger charge is -2.36. The van der Waals surface area contributed by atoms with Crippen LogP contribution in [0, 0.1) is 11.7 Å². The molecule has 1 aromatic carbocycles. The van der Waals surface area contributed by atoms with E-state index in [1.54, 1.807) is 11.0 Å². The zero-order valence-electron chi connectivity index (χ0n) is 10.8. The molecule has 1 aliphatic rings. The molecular formula is C14H19FN2O. The van der Waals surface area contributed by atoms with Crippen LogP contribution in [0.15, 0.2) is 18.2 Å². The van der Waals surface area contributed by atoms with E-state index in [9.17, 15) is 9.18 Å². The number of piperidine rings is 1. The molecule has 1 fully saturated rings. The van der Waals surface area contributed by atoms with Crippen molar-refractivity contribution in [2.45, 2.75) is 32.7 Å². The summed E-state index contributed by atoms with van der Waals surface area (Å²) < 4.78 is 13.7. The van der Waals surface area contributed by atoms with Gasteiger partial charge in [-0.05, 0) is 43.9 Å². The van der Waals surface area contributed by atoms with Crippen molar-refractivity contribution in [3.05, 3.63) is 29.6 Å². The Morgan fingerprint density at radius 2 is 2.17 bits per heavy atom. The zero-order chi connectivity index (χ0) is 13.3. The van der Waals surface area contributed by atoms with Crippen molar-refractivity contribution < 1.29 is 9.18 Å². The molecule has 0 radical (unpaired) electrons. The second-order valence-electron chi connectivity index (χ2n) is 5.22. The van der Waals surface area contributed by atoms with Crippen LogP contribution in [0.25, 0.3) is 0 Å². The highest BCUT2D eigenvalue weighted by atomic mass is 19.1. The van der Waals surface area contributed by atoms with Crippen LogP contribution in [-0.4, -0.2) is 23.4 Å². The fourth-order valence-corrected chi connectivity index (χ4v) is 2.57. The summed E-state index contributed by atoms with van der Waals surface area (Å²) in [6, 6.07) is 4.40. The minimum absolute atomic E-state index is 0.116. The fourth-order valence-electron chi connectivity index (χ4n) is 2.57. The summed E-state index contributed by atoms with van der Waals surface area (Å²) in [6.45, 7) is 4.90. The van der Waals surface area contributed by atoms with Gasteiger partial charge in [-0.25, -0.2) is 4.39 Å². The molecule has 0 aromatic heterocycles. The Labute approximate surface area is 107 Å². The predicted octanol–water partition coefficient (Wildman–Crippen LogP) is 2.67. The van der Waals surface area contributed by atoms with Crippen LogP contribution in [0.2, 0.25) is 0 Å². The van der Waals surface area contributed by atoms with Crippen molar-refractivity contribution >= 4 is 11.6 Å². The largest absolute Gasteiger partial charge is 0.399 e. The molecule has 0 spiro atoms. The van der Waals surface area contributed by atoms with E-state index >= 15 is 0 Å². The van der Waals surface area contributed by atoms with E-state index in [4.69, 9.17) is 5.73 Å². The van der Waals surface area contributed by atoms with Gasteiger partial charge in [-0.3, -0.25) is 4.79 Å². The van der Waals surface area contributed by atoms with Gasteiger partial charge in [0.15, 0.2) is 0 Å². The molecular weight excluding hydrogens is 231 g/mol. The molecule has 2 atom stereocenters. The summed E-state index contributed by atoms with van der Waals surface area (Å²) in [5.41, 5.74) is 5.94. The Kier molecular flexibility index (Phi) is 3.55. The molecule has 1 aliphatic heterocycles. The third-order valence-corrected chi connectivity index (χ3v) is 3.62. The monoisotopic (exact) mass is 250 g/mol. The van der Waals surface area contributed by atoms with Crippen LogP contribution in [0.4, 0.5) is 10.1 Å². The highest BCUT2D eigenvalue weighted by Gasteiger charge is 2.28. The number of halogens is 1. The maximum absolute atomic E-state index is 13.7. The molecule has 1 saturated heterocycles. The van der Waals surface area contributed by atoms with Gasteiger partial charge >= 0.3 is 0 Å². The molecule has 0 bridgehead atoms. The molecule has 0 aliphatic carbocycles. The summed E-state index contributed by atoms with van der Waals surface area (Å²) in [4.78, 5) is 14.1. The number of hydrogen-bond acceptors (Lipinski definition) is 2. The number of nitrogen functional groups attached to an aromatic ring is 1. The van der Waals surface area contributed by atoms with Gasteiger partial charge in [0, 0.05) is 18.3 Å². The van der Waals surface area contributed by atoms with E-state index < -0.39 is 5.82 Å². The number of carbonyl (C=O) groups is 1. The first-order valence-corrected chi connectivity index (χ1v) is 6.35. The second-order valence-corrected chi connectivity index (χ2v) is 5.22. The molecule has 3 nitrogen and oxygen atoms in total. The summed E-state index contributed by atoms with van der Waals surface area (Å²) in [7, 11) is 0. The van der Waals surface area contributed by atoms with E-state index in [1.165, 1.54) is 12.1 Å². The molecule has 18 heavy (non-hydrogen) atoms. The number of likely N-dealkylation sites (tertiary alicyclic amines) is 1. The van der Waals surface area contributed by atoms with Crippen LogP contribution in [0.1, 0.15) is 37.0 Å². The van der Waals surface area contributed by atoms with Crippen molar-refractivity contribution in [2.24, 2.45) is 5.92 Å². The van der Waals surface area contributed by atoms with Gasteiger partial charge in [0.25, 0.3) is 5.91 Å². The van der Waals surface area contributed by atoms with Gasteiger partial charge in [0.2, 0.25) is 0 Å². The average Bonchev–Trinajstić information content (AvgIpc) is 2.28. The van der Waals surface area contributed by atoms with Gasteiger partial charge in [0.05, 0.1) is 5.56 Å². The van der Waals surface area contributed by atoms with Gasteiger partial charge in [-0.15, -0.1) is 0 Å². The highest BCUT2D eigenvalue weighted by molar-refractivity contribution is 5.95. The summed E-state index contributed by atoms with van der Waals surface area (Å²) in [5, 5.41) is 0. The number of nitrogens with zero attached hydrogens (tertiary/aromatic N) is 1. The molecule has 1 heterocycles. The van der Waals surface area contributed by atoms with E-state index in [2.05, 4.69) is 6.92 Å². The summed E-state index contributed by atoms with van der Waals surface area (Å²) >= 11 is 0. The van der Waals surface area contributed by atoms with Crippen molar-refractivity contribution in [3.63, 3.8) is 0 Å². The Hall–Kier alpha value is -1.58. The summed E-state index contributed by atoms with van der Waals surface area (Å²) in [6.07, 6.45) is 1.95. The Bertz CT molecular complexity index is 461. The van der Waals surface area contributed by atoms with E-state index in [0.29, 0.717) is 18.2 Å². The molecule has 1 aromatic rings. The number of nitrogens with two attached hydrogens (primary N) is 1. The lowest BCUT2D eigenvalue weighted by molar-refractivity contribution is 0.0584. The van der Waals surface area contributed by atoms with Crippen molar-refractivity contribution in [2.75, 3.05) is 12.3 Å². The van der Waals surface area contributed by atoms with Crippen molar-refractivity contribution in [3.8, 4) is 0 Å². The minimum Gasteiger partial charge on any atom is -0.399 e. The lowest BCUT2D eigenvalue weighted by atomic mass is 9.93. The van der Waals surface area contributed by atoms with Gasteiger partial charge in [-0.1, -0.05) is 6.92 Å². The molecule has 2 unspecified atom stereocenters. The standard InChI is InChI=1S/C14H19FN2O/c1-9-5-6-17(10(2)7-9)14(18)12-4-3-11(16)8-13(12)15/h3-4,8-10H,5-7,16H2,1-2H3. The Morgan fingerprint density at radius 1 is 1.44 bits per heavy atom. The van der Waals surface area contributed by atoms with E-state index in [1.807, 2.05) is 6.92 Å². The number of rotatable bonds is 1. The van der Waals surface area contributed by atoms with Crippen LogP contribution in [-0.2, 0) is 0 Å². The first-order chi connectivity index (χ1) is 8.49. The molecule has 0 saturated carbocycles. The second kappa shape index (κ2) is 4.96. The molecule has 1 amide bonds.